The van der Waals surface area contributed by atoms with Gasteiger partial charge in [-0.25, -0.2) is 0 Å². The first-order valence-corrected chi connectivity index (χ1v) is 67.8. The Morgan fingerprint density at radius 3 is 0.500 bits per heavy atom. The van der Waals surface area contributed by atoms with Gasteiger partial charge in [0, 0.05) is 0 Å². The molecule has 0 bridgehead atoms. The van der Waals surface area contributed by atoms with Crippen LogP contribution in [-0.4, -0.2) is 43.0 Å². The molecule has 0 radical (unpaired) electrons. The van der Waals surface area contributed by atoms with Gasteiger partial charge in [0.15, 0.2) is 0 Å². The Balaban J connectivity index is 2.76. The SMILES string of the molecule is I[As]1[As](I)[As](I)[As](I)[As](I)[As]1I. The molecule has 0 aromatic carbocycles. The van der Waals surface area contributed by atoms with Crippen LogP contribution in [0.4, 0.5) is 0 Å². The van der Waals surface area contributed by atoms with E-state index in [-0.39, 0.29) is 43.0 Å². The van der Waals surface area contributed by atoms with Gasteiger partial charge in [-0.1, -0.05) is 0 Å². The zero-order valence-corrected chi connectivity index (χ0v) is 29.2. The molecular formula is As6I6. The van der Waals surface area contributed by atoms with E-state index in [1.165, 1.54) is 0 Å². The summed E-state index contributed by atoms with van der Waals surface area (Å²) in [6.07, 6.45) is 0. The average molecular weight is 1210 g/mol. The predicted molar refractivity (Wildman–Crippen MR) is 119 cm³/mol. The molecule has 0 amide bonds. The maximum atomic E-state index is 2.99. The predicted octanol–water partition coefficient (Wildman–Crippen LogP) is 3.03. The van der Waals surface area contributed by atoms with Crippen molar-refractivity contribution in [1.82, 2.24) is 0 Å². The minimum absolute atomic E-state index is 0.123. The van der Waals surface area contributed by atoms with Gasteiger partial charge in [-0.3, -0.25) is 0 Å². The van der Waals surface area contributed by atoms with E-state index < -0.39 is 0 Å². The second kappa shape index (κ2) is 8.89. The van der Waals surface area contributed by atoms with E-state index in [1.54, 1.807) is 0 Å². The fraction of sp³-hybridized carbons (Fsp3) is 0. The molecule has 0 N–H and O–H groups in total. The molecule has 0 aromatic rings. The van der Waals surface area contributed by atoms with Gasteiger partial charge in [-0.2, -0.15) is 0 Å². The molecular weight excluding hydrogens is 1210 g/mol. The van der Waals surface area contributed by atoms with Crippen LogP contribution in [0.5, 0.6) is 0 Å². The molecule has 1 aliphatic heterocycles. The Labute approximate surface area is 157 Å². The summed E-state index contributed by atoms with van der Waals surface area (Å²) in [7, 11) is -0.738. The van der Waals surface area contributed by atoms with Crippen molar-refractivity contribution in [1.29, 1.82) is 0 Å². The molecule has 1 heterocycles. The van der Waals surface area contributed by atoms with Crippen molar-refractivity contribution in [3.63, 3.8) is 0 Å². The quantitative estimate of drug-likeness (QED) is 0.259. The van der Waals surface area contributed by atoms with Gasteiger partial charge in [-0.15, -0.1) is 0 Å². The zero-order valence-electron chi connectivity index (χ0n) is 4.95. The molecule has 12 heavy (non-hydrogen) atoms. The first-order valence-electron chi connectivity index (χ1n) is 2.21. The Kier molecular flexibility index (Phi) is 13.2. The van der Waals surface area contributed by atoms with E-state index in [9.17, 15) is 0 Å². The van der Waals surface area contributed by atoms with Crippen LogP contribution < -0.4 is 0 Å². The minimum atomic E-state index is -0.123. The Bertz CT molecular complexity index is 104. The molecule has 1 rings (SSSR count). The molecule has 1 saturated heterocycles. The van der Waals surface area contributed by atoms with Crippen molar-refractivity contribution >= 4 is 164 Å². The summed E-state index contributed by atoms with van der Waals surface area (Å²) >= 11 is 18.0. The third-order valence-corrected chi connectivity index (χ3v) is 765. The first kappa shape index (κ1) is 17.8. The van der Waals surface area contributed by atoms with Crippen molar-refractivity contribution in [2.75, 3.05) is 0 Å². The van der Waals surface area contributed by atoms with Crippen LogP contribution in [0, 0.1) is 0 Å². The third kappa shape index (κ3) is 4.93. The fourth-order valence-electron chi connectivity index (χ4n) is 0.365. The summed E-state index contributed by atoms with van der Waals surface area (Å²) in [5.74, 6) is 0. The average Bonchev–Trinajstić information content (AvgIpc) is 2.08. The van der Waals surface area contributed by atoms with Gasteiger partial charge in [0.05, 0.1) is 0 Å². The Morgan fingerprint density at radius 2 is 0.417 bits per heavy atom. The molecule has 0 nitrogen and oxygen atoms in total. The van der Waals surface area contributed by atoms with Crippen molar-refractivity contribution in [3.8, 4) is 0 Å². The Hall–Kier alpha value is 7.73. The zero-order chi connectivity index (χ0) is 9.46. The molecule has 1 fully saturated rings. The molecule has 0 spiro atoms. The molecule has 72 valence electrons. The molecule has 0 unspecified atom stereocenters. The van der Waals surface area contributed by atoms with Gasteiger partial charge in [0.1, 0.15) is 0 Å². The summed E-state index contributed by atoms with van der Waals surface area (Å²) in [6.45, 7) is 0. The van der Waals surface area contributed by atoms with Gasteiger partial charge in [-0.05, 0) is 0 Å². The molecule has 12 heteroatoms. The second-order valence-corrected chi connectivity index (χ2v) is 240. The van der Waals surface area contributed by atoms with E-state index in [0.29, 0.717) is 0 Å². The van der Waals surface area contributed by atoms with E-state index in [0.717, 1.165) is 0 Å². The molecule has 1 aliphatic rings. The summed E-state index contributed by atoms with van der Waals surface area (Å²) in [4.78, 5) is 0. The summed E-state index contributed by atoms with van der Waals surface area (Å²) in [6, 6.07) is 0. The number of hydrogen-bond donors (Lipinski definition) is 0. The van der Waals surface area contributed by atoms with Crippen LogP contribution in [0.25, 0.3) is 0 Å². The van der Waals surface area contributed by atoms with Crippen molar-refractivity contribution in [2.45, 2.75) is 0 Å². The van der Waals surface area contributed by atoms with E-state index in [4.69, 9.17) is 0 Å². The van der Waals surface area contributed by atoms with E-state index in [2.05, 4.69) is 121 Å². The number of hydrogen-bond acceptors (Lipinski definition) is 0. The van der Waals surface area contributed by atoms with Crippen molar-refractivity contribution < 1.29 is 0 Å². The van der Waals surface area contributed by atoms with Gasteiger partial charge >= 0.3 is 164 Å². The van der Waals surface area contributed by atoms with Gasteiger partial charge < -0.3 is 0 Å². The van der Waals surface area contributed by atoms with Crippen molar-refractivity contribution in [2.24, 2.45) is 0 Å². The van der Waals surface area contributed by atoms with E-state index in [1.807, 2.05) is 0 Å². The summed E-state index contributed by atoms with van der Waals surface area (Å²) in [5, 5.41) is 0. The van der Waals surface area contributed by atoms with Crippen LogP contribution in [0.3, 0.4) is 0 Å². The molecule has 0 atom stereocenters. The second-order valence-electron chi connectivity index (χ2n) is 1.44. The number of rotatable bonds is 0. The van der Waals surface area contributed by atoms with Crippen LogP contribution >= 0.6 is 121 Å². The molecule has 0 aromatic heterocycles. The van der Waals surface area contributed by atoms with Crippen LogP contribution in [0.2, 0.25) is 0 Å². The van der Waals surface area contributed by atoms with Crippen LogP contribution in [-0.2, 0) is 0 Å². The maximum absolute atomic E-state index is 2.99. The topological polar surface area (TPSA) is 0 Å². The van der Waals surface area contributed by atoms with E-state index >= 15 is 0 Å². The molecule has 0 saturated carbocycles. The van der Waals surface area contributed by atoms with Crippen LogP contribution in [0.15, 0.2) is 0 Å². The normalized spacial score (nSPS) is 55.5. The van der Waals surface area contributed by atoms with Gasteiger partial charge in [0.25, 0.3) is 0 Å². The summed E-state index contributed by atoms with van der Waals surface area (Å²) in [5.41, 5.74) is 0. The molecule has 0 aliphatic carbocycles. The van der Waals surface area contributed by atoms with Crippen molar-refractivity contribution in [3.05, 3.63) is 0 Å². The van der Waals surface area contributed by atoms with Gasteiger partial charge in [0.2, 0.25) is 0 Å². The first-order chi connectivity index (χ1) is 5.46. The fourth-order valence-corrected chi connectivity index (χ4v) is 1780. The third-order valence-electron chi connectivity index (χ3n) is 0.817. The Morgan fingerprint density at radius 1 is 0.333 bits per heavy atom. The monoisotopic (exact) mass is 1210 g/mol. The number of halogens is 6. The van der Waals surface area contributed by atoms with Crippen LogP contribution in [0.1, 0.15) is 0 Å². The standard InChI is InChI=1S/As6I6/c7-1-2(8)4(10)6(12)5(11)3(1)9. The summed E-state index contributed by atoms with van der Waals surface area (Å²) < 4.78 is 0.